The number of aliphatic hydroxyl groups is 3. The van der Waals surface area contributed by atoms with Crippen LogP contribution in [0.4, 0.5) is 0 Å². The maximum Gasteiger partial charge on any atom is 0.249 e. The van der Waals surface area contributed by atoms with Gasteiger partial charge < -0.3 is 20.6 Å². The van der Waals surface area contributed by atoms with Crippen LogP contribution in [0.15, 0.2) is 36.5 Å². The molecule has 0 aromatic heterocycles. The summed E-state index contributed by atoms with van der Waals surface area (Å²) in [6, 6.07) is -0.818. The molecule has 3 atom stereocenters. The normalized spacial score (nSPS) is 13.6. The summed E-state index contributed by atoms with van der Waals surface area (Å²) in [4.78, 5) is 12.5. The maximum absolute atomic E-state index is 12.5. The lowest BCUT2D eigenvalue weighted by Gasteiger charge is -2.21. The molecule has 0 saturated carbocycles. The van der Waals surface area contributed by atoms with E-state index in [0.29, 0.717) is 6.42 Å². The van der Waals surface area contributed by atoms with E-state index in [4.69, 9.17) is 0 Å². The van der Waals surface area contributed by atoms with Crippen molar-refractivity contribution in [1.29, 1.82) is 0 Å². The van der Waals surface area contributed by atoms with Gasteiger partial charge in [-0.15, -0.1) is 0 Å². The summed E-state index contributed by atoms with van der Waals surface area (Å²) in [5, 5.41) is 33.3. The highest BCUT2D eigenvalue weighted by Gasteiger charge is 2.22. The third-order valence-electron chi connectivity index (χ3n) is 12.5. The van der Waals surface area contributed by atoms with Gasteiger partial charge in [-0.1, -0.05) is 262 Å². The second kappa shape index (κ2) is 50.2. The van der Waals surface area contributed by atoms with E-state index in [-0.39, 0.29) is 6.61 Å². The summed E-state index contributed by atoms with van der Waals surface area (Å²) in [5.41, 5.74) is 0. The van der Waals surface area contributed by atoms with Crippen LogP contribution in [0, 0.1) is 0 Å². The van der Waals surface area contributed by atoms with Gasteiger partial charge in [-0.25, -0.2) is 0 Å². The van der Waals surface area contributed by atoms with Crippen LogP contribution < -0.4 is 5.32 Å². The predicted octanol–water partition coefficient (Wildman–Crippen LogP) is 16.3. The van der Waals surface area contributed by atoms with Gasteiger partial charge in [-0.2, -0.15) is 0 Å². The lowest BCUT2D eigenvalue weighted by molar-refractivity contribution is -0.131. The quantitative estimate of drug-likeness (QED) is 0.0363. The SMILES string of the molecule is CCCCCCCCCCCCC/C=C\CCCCCCCCC(O)C(=O)NC(CO)C(O)/C=C/CC/C=C/CCCCCCCCCCCCCCCCCCCCC. The van der Waals surface area contributed by atoms with Crippen molar-refractivity contribution in [2.24, 2.45) is 0 Å². The Morgan fingerprint density at radius 1 is 0.400 bits per heavy atom. The summed E-state index contributed by atoms with van der Waals surface area (Å²) < 4.78 is 0. The second-order valence-electron chi connectivity index (χ2n) is 18.4. The number of unbranched alkanes of at least 4 members (excludes halogenated alkanes) is 37. The molecule has 0 spiro atoms. The first-order valence-corrected chi connectivity index (χ1v) is 26.8. The molecule has 60 heavy (non-hydrogen) atoms. The van der Waals surface area contributed by atoms with Crippen LogP contribution in [-0.2, 0) is 4.79 Å². The van der Waals surface area contributed by atoms with Crippen molar-refractivity contribution in [3.8, 4) is 0 Å². The molecule has 1 amide bonds. The molecule has 0 saturated heterocycles. The number of allylic oxidation sites excluding steroid dienone is 5. The van der Waals surface area contributed by atoms with Gasteiger partial charge in [-0.3, -0.25) is 4.79 Å². The number of aliphatic hydroxyl groups excluding tert-OH is 3. The Kier molecular flexibility index (Phi) is 49.0. The second-order valence-corrected chi connectivity index (χ2v) is 18.4. The van der Waals surface area contributed by atoms with Crippen LogP contribution in [0.1, 0.15) is 284 Å². The first-order chi connectivity index (χ1) is 29.6. The van der Waals surface area contributed by atoms with Gasteiger partial charge in [0, 0.05) is 0 Å². The smallest absolute Gasteiger partial charge is 0.249 e. The summed E-state index contributed by atoms with van der Waals surface area (Å²) in [6.07, 6.45) is 65.0. The highest BCUT2D eigenvalue weighted by Crippen LogP contribution is 2.16. The lowest BCUT2D eigenvalue weighted by atomic mass is 10.0. The highest BCUT2D eigenvalue weighted by molar-refractivity contribution is 5.80. The number of carbonyl (C=O) groups excluding carboxylic acids is 1. The molecule has 0 aliphatic rings. The number of nitrogens with one attached hydrogen (secondary N) is 1. The molecular weight excluding hydrogens is 739 g/mol. The molecule has 0 rings (SSSR count). The minimum Gasteiger partial charge on any atom is -0.394 e. The van der Waals surface area contributed by atoms with Gasteiger partial charge >= 0.3 is 0 Å². The summed E-state index contributed by atoms with van der Waals surface area (Å²) in [5.74, 6) is -0.515. The zero-order chi connectivity index (χ0) is 43.7. The van der Waals surface area contributed by atoms with Crippen LogP contribution in [-0.4, -0.2) is 46.1 Å². The fourth-order valence-corrected chi connectivity index (χ4v) is 8.26. The Bertz CT molecular complexity index is 931. The molecule has 0 bridgehead atoms. The van der Waals surface area contributed by atoms with Crippen LogP contribution in [0.3, 0.4) is 0 Å². The molecule has 0 aromatic rings. The Morgan fingerprint density at radius 3 is 1.02 bits per heavy atom. The van der Waals surface area contributed by atoms with Gasteiger partial charge in [0.15, 0.2) is 0 Å². The Labute approximate surface area is 374 Å². The van der Waals surface area contributed by atoms with E-state index < -0.39 is 24.2 Å². The van der Waals surface area contributed by atoms with Crippen LogP contribution in [0.2, 0.25) is 0 Å². The number of hydrogen-bond donors (Lipinski definition) is 4. The molecule has 0 radical (unpaired) electrons. The molecule has 354 valence electrons. The molecular formula is C55H105NO4. The Morgan fingerprint density at radius 2 is 0.683 bits per heavy atom. The number of amides is 1. The van der Waals surface area contributed by atoms with Crippen LogP contribution >= 0.6 is 0 Å². The van der Waals surface area contributed by atoms with E-state index in [1.807, 2.05) is 6.08 Å². The van der Waals surface area contributed by atoms with E-state index >= 15 is 0 Å². The molecule has 5 heteroatoms. The maximum atomic E-state index is 12.5. The molecule has 5 nitrogen and oxygen atoms in total. The van der Waals surface area contributed by atoms with Gasteiger partial charge in [0.1, 0.15) is 6.10 Å². The number of rotatable bonds is 49. The molecule has 0 aliphatic heterocycles. The Hall–Kier alpha value is -1.43. The van der Waals surface area contributed by atoms with Crippen molar-refractivity contribution in [3.05, 3.63) is 36.5 Å². The molecule has 0 fully saturated rings. The monoisotopic (exact) mass is 844 g/mol. The van der Waals surface area contributed by atoms with Gasteiger partial charge in [0.2, 0.25) is 5.91 Å². The van der Waals surface area contributed by atoms with E-state index in [9.17, 15) is 20.1 Å². The van der Waals surface area contributed by atoms with Crippen LogP contribution in [0.25, 0.3) is 0 Å². The third kappa shape index (κ3) is 44.6. The highest BCUT2D eigenvalue weighted by atomic mass is 16.3. The lowest BCUT2D eigenvalue weighted by Crippen LogP contribution is -2.48. The first-order valence-electron chi connectivity index (χ1n) is 26.8. The van der Waals surface area contributed by atoms with Crippen molar-refractivity contribution < 1.29 is 20.1 Å². The Balaban J connectivity index is 3.64. The van der Waals surface area contributed by atoms with Crippen molar-refractivity contribution in [2.75, 3.05) is 6.61 Å². The minimum absolute atomic E-state index is 0.377. The predicted molar refractivity (Wildman–Crippen MR) is 264 cm³/mol. The largest absolute Gasteiger partial charge is 0.394 e. The van der Waals surface area contributed by atoms with Crippen LogP contribution in [0.5, 0.6) is 0 Å². The zero-order valence-corrected chi connectivity index (χ0v) is 40.4. The van der Waals surface area contributed by atoms with Gasteiger partial charge in [0.05, 0.1) is 18.8 Å². The van der Waals surface area contributed by atoms with Crippen molar-refractivity contribution >= 4 is 5.91 Å². The van der Waals surface area contributed by atoms with Crippen molar-refractivity contribution in [1.82, 2.24) is 5.32 Å². The van der Waals surface area contributed by atoms with Gasteiger partial charge in [0.25, 0.3) is 0 Å². The third-order valence-corrected chi connectivity index (χ3v) is 12.5. The van der Waals surface area contributed by atoms with E-state index in [1.54, 1.807) is 6.08 Å². The van der Waals surface area contributed by atoms with E-state index in [2.05, 4.69) is 43.5 Å². The standard InChI is InChI=1S/C55H105NO4/c1-3-5-7-9-11-13-15-17-19-21-23-25-26-27-28-30-31-33-35-37-39-41-43-45-47-49-53(58)52(51-57)56-55(60)54(59)50-48-46-44-42-40-38-36-34-32-29-24-22-20-18-16-14-12-10-8-6-4-2/h32,34,39,41,47,49,52-54,57-59H,3-31,33,35-38,40,42-46,48,50-51H2,1-2H3,(H,56,60)/b34-32-,41-39+,49-47+. The van der Waals surface area contributed by atoms with E-state index in [0.717, 1.165) is 38.5 Å². The molecule has 0 aliphatic carbocycles. The van der Waals surface area contributed by atoms with Gasteiger partial charge in [-0.05, 0) is 57.8 Å². The fourth-order valence-electron chi connectivity index (χ4n) is 8.26. The average Bonchev–Trinajstić information content (AvgIpc) is 3.25. The fraction of sp³-hybridized carbons (Fsp3) is 0.873. The molecule has 0 heterocycles. The topological polar surface area (TPSA) is 89.8 Å². The van der Waals surface area contributed by atoms with E-state index in [1.165, 1.54) is 225 Å². The minimum atomic E-state index is -1.11. The summed E-state index contributed by atoms with van der Waals surface area (Å²) in [7, 11) is 0. The average molecular weight is 844 g/mol. The zero-order valence-electron chi connectivity index (χ0n) is 40.4. The summed E-state index contributed by atoms with van der Waals surface area (Å²) >= 11 is 0. The summed E-state index contributed by atoms with van der Waals surface area (Å²) in [6.45, 7) is 4.20. The molecule has 0 aromatic carbocycles. The number of carbonyl (C=O) groups is 1. The molecule has 3 unspecified atom stereocenters. The van der Waals surface area contributed by atoms with Crippen molar-refractivity contribution in [2.45, 2.75) is 302 Å². The van der Waals surface area contributed by atoms with Crippen molar-refractivity contribution in [3.63, 3.8) is 0 Å². The number of hydrogen-bond acceptors (Lipinski definition) is 4. The molecule has 4 N–H and O–H groups in total. The first kappa shape index (κ1) is 58.6.